The van der Waals surface area contributed by atoms with E-state index in [1.54, 1.807) is 12.1 Å². The standard InChI is InChI=1S/C34H44F3N5O5S/c1-24-20-27(32(43)41-13-8-28(9-14-41)46-18-17-40(3)4)21-25(2)30(24)10-19-48(44,45)42-15-11-33(12-16-42)23-38-31(39-33)26-6-5-7-29(22-26)47-34(35,36)37/h5-7,10,19-22,28H,8-9,11-18,23H2,1-4H3,(H,38,39)/b19-10+. The van der Waals surface area contributed by atoms with Crippen molar-refractivity contribution in [3.8, 4) is 5.75 Å². The van der Waals surface area contributed by atoms with Crippen LogP contribution in [0.4, 0.5) is 13.2 Å². The Balaban J connectivity index is 1.15. The van der Waals surface area contributed by atoms with Crippen LogP contribution in [-0.4, -0.2) is 112 Å². The lowest BCUT2D eigenvalue weighted by molar-refractivity contribution is -0.274. The molecule has 14 heteroatoms. The summed E-state index contributed by atoms with van der Waals surface area (Å²) in [6.45, 7) is 7.47. The fourth-order valence-corrected chi connectivity index (χ4v) is 7.60. The molecule has 1 N–H and O–H groups in total. The zero-order chi connectivity index (χ0) is 34.7. The molecule has 1 amide bonds. The molecule has 2 aromatic carbocycles. The summed E-state index contributed by atoms with van der Waals surface area (Å²) in [6.07, 6.45) is -0.471. The number of piperidine rings is 2. The van der Waals surface area contributed by atoms with Gasteiger partial charge in [0, 0.05) is 49.3 Å². The predicted octanol–water partition coefficient (Wildman–Crippen LogP) is 4.57. The van der Waals surface area contributed by atoms with E-state index in [0.29, 0.717) is 56.0 Å². The van der Waals surface area contributed by atoms with Crippen LogP contribution >= 0.6 is 0 Å². The SMILES string of the molecule is Cc1cc(C(=O)N2CCC(OCCN(C)C)CC2)cc(C)c1/C=C/S(=O)(=O)N1CCC2(CC1)CN=C(c1cccc(OC(F)(F)F)c1)N2. The Morgan fingerprint density at radius 1 is 1.08 bits per heavy atom. The molecule has 2 aromatic rings. The number of nitrogens with zero attached hydrogens (tertiary/aromatic N) is 4. The minimum Gasteiger partial charge on any atom is -0.406 e. The highest BCUT2D eigenvalue weighted by molar-refractivity contribution is 7.92. The van der Waals surface area contributed by atoms with Gasteiger partial charge < -0.3 is 24.6 Å². The Hall–Kier alpha value is -3.46. The normalized spacial score (nSPS) is 19.2. The summed E-state index contributed by atoms with van der Waals surface area (Å²) in [5.74, 6) is 0.0938. The fourth-order valence-electron chi connectivity index (χ4n) is 6.43. The third kappa shape index (κ3) is 8.95. The Morgan fingerprint density at radius 2 is 1.75 bits per heavy atom. The maximum atomic E-state index is 13.3. The summed E-state index contributed by atoms with van der Waals surface area (Å²) in [5, 5.41) is 4.57. The summed E-state index contributed by atoms with van der Waals surface area (Å²) in [5.41, 5.74) is 2.96. The molecule has 3 heterocycles. The molecule has 2 saturated heterocycles. The molecule has 0 aliphatic carbocycles. The van der Waals surface area contributed by atoms with Crippen LogP contribution in [-0.2, 0) is 14.8 Å². The Bertz CT molecular complexity index is 1620. The van der Waals surface area contributed by atoms with Gasteiger partial charge in [-0.25, -0.2) is 8.42 Å². The van der Waals surface area contributed by atoms with Gasteiger partial charge in [-0.2, -0.15) is 4.31 Å². The van der Waals surface area contributed by atoms with E-state index in [9.17, 15) is 26.4 Å². The number of benzene rings is 2. The molecule has 0 saturated carbocycles. The van der Waals surface area contributed by atoms with Gasteiger partial charge >= 0.3 is 6.36 Å². The number of hydrogen-bond acceptors (Lipinski definition) is 8. The quantitative estimate of drug-likeness (QED) is 0.390. The first kappa shape index (κ1) is 35.8. The Morgan fingerprint density at radius 3 is 2.38 bits per heavy atom. The highest BCUT2D eigenvalue weighted by Gasteiger charge is 2.41. The maximum Gasteiger partial charge on any atom is 0.573 e. The molecule has 1 spiro atoms. The molecule has 2 fully saturated rings. The molecular formula is C34H44F3N5O5S. The molecule has 5 rings (SSSR count). The van der Waals surface area contributed by atoms with E-state index in [-0.39, 0.29) is 30.9 Å². The van der Waals surface area contributed by atoms with Crippen molar-refractivity contribution < 1.29 is 35.9 Å². The summed E-state index contributed by atoms with van der Waals surface area (Å²) < 4.78 is 76.1. The van der Waals surface area contributed by atoms with Crippen LogP contribution in [0.5, 0.6) is 5.75 Å². The lowest BCUT2D eigenvalue weighted by Crippen LogP contribution is -2.54. The third-order valence-corrected chi connectivity index (χ3v) is 10.7. The van der Waals surface area contributed by atoms with Crippen molar-refractivity contribution in [2.24, 2.45) is 4.99 Å². The number of amidine groups is 1. The van der Waals surface area contributed by atoms with Crippen LogP contribution in [0.15, 0.2) is 46.8 Å². The zero-order valence-corrected chi connectivity index (χ0v) is 28.7. The number of aliphatic imine (C=N–C) groups is 1. The number of rotatable bonds is 10. The van der Waals surface area contributed by atoms with Gasteiger partial charge in [-0.05, 0) is 101 Å². The molecule has 0 aromatic heterocycles. The van der Waals surface area contributed by atoms with Gasteiger partial charge in [0.25, 0.3) is 5.91 Å². The molecule has 3 aliphatic heterocycles. The van der Waals surface area contributed by atoms with Gasteiger partial charge in [-0.15, -0.1) is 13.2 Å². The van der Waals surface area contributed by atoms with Crippen molar-refractivity contribution in [3.63, 3.8) is 0 Å². The van der Waals surface area contributed by atoms with E-state index in [1.807, 2.05) is 45.0 Å². The first-order valence-corrected chi connectivity index (χ1v) is 17.7. The van der Waals surface area contributed by atoms with Crippen LogP contribution in [0.25, 0.3) is 6.08 Å². The van der Waals surface area contributed by atoms with Crippen LogP contribution in [0.2, 0.25) is 0 Å². The van der Waals surface area contributed by atoms with E-state index >= 15 is 0 Å². The largest absolute Gasteiger partial charge is 0.573 e. The highest BCUT2D eigenvalue weighted by Crippen LogP contribution is 2.31. The molecule has 0 unspecified atom stereocenters. The summed E-state index contributed by atoms with van der Waals surface area (Å²) >= 11 is 0. The summed E-state index contributed by atoms with van der Waals surface area (Å²) in [7, 11) is 0.282. The fraction of sp³-hybridized carbons (Fsp3) is 0.529. The molecule has 0 atom stereocenters. The number of carbonyl (C=O) groups is 1. The topological polar surface area (TPSA) is 104 Å². The van der Waals surface area contributed by atoms with Crippen molar-refractivity contribution in [2.45, 2.75) is 57.5 Å². The minimum absolute atomic E-state index is 0.0339. The molecule has 48 heavy (non-hydrogen) atoms. The number of likely N-dealkylation sites (N-methyl/N-ethyl adjacent to an activating group) is 1. The lowest BCUT2D eigenvalue weighted by atomic mass is 9.89. The average Bonchev–Trinajstić information content (AvgIpc) is 3.43. The maximum absolute atomic E-state index is 13.3. The molecule has 10 nitrogen and oxygen atoms in total. The van der Waals surface area contributed by atoms with Gasteiger partial charge in [0.15, 0.2) is 0 Å². The Kier molecular flexibility index (Phi) is 10.9. The van der Waals surface area contributed by atoms with E-state index in [0.717, 1.165) is 36.1 Å². The number of carbonyl (C=O) groups excluding carboxylic acids is 1. The second kappa shape index (κ2) is 14.6. The van der Waals surface area contributed by atoms with Gasteiger partial charge in [0.2, 0.25) is 10.0 Å². The first-order valence-electron chi connectivity index (χ1n) is 16.2. The number of likely N-dealkylation sites (tertiary alicyclic amines) is 1. The van der Waals surface area contributed by atoms with Crippen molar-refractivity contribution in [1.82, 2.24) is 19.4 Å². The number of ether oxygens (including phenoxy) is 2. The van der Waals surface area contributed by atoms with Crippen molar-refractivity contribution in [2.75, 3.05) is 60.0 Å². The summed E-state index contributed by atoms with van der Waals surface area (Å²) in [6, 6.07) is 9.26. The second-order valence-electron chi connectivity index (χ2n) is 13.1. The highest BCUT2D eigenvalue weighted by atomic mass is 32.2. The van der Waals surface area contributed by atoms with Gasteiger partial charge in [-0.1, -0.05) is 12.1 Å². The van der Waals surface area contributed by atoms with E-state index in [4.69, 9.17) is 4.74 Å². The minimum atomic E-state index is -4.79. The molecule has 3 aliphatic rings. The number of aryl methyl sites for hydroxylation is 2. The van der Waals surface area contributed by atoms with Gasteiger partial charge in [-0.3, -0.25) is 9.79 Å². The molecule has 0 radical (unpaired) electrons. The predicted molar refractivity (Wildman–Crippen MR) is 179 cm³/mol. The van der Waals surface area contributed by atoms with Crippen LogP contribution in [0, 0.1) is 13.8 Å². The molecule has 262 valence electrons. The Labute approximate surface area is 280 Å². The third-order valence-electron chi connectivity index (χ3n) is 9.17. The molecule has 0 bridgehead atoms. The number of halogens is 3. The average molecular weight is 692 g/mol. The van der Waals surface area contributed by atoms with Crippen LogP contribution in [0.1, 0.15) is 58.3 Å². The van der Waals surface area contributed by atoms with E-state index < -0.39 is 21.9 Å². The van der Waals surface area contributed by atoms with Crippen molar-refractivity contribution in [1.29, 1.82) is 0 Å². The number of sulfonamides is 1. The monoisotopic (exact) mass is 691 g/mol. The number of alkyl halides is 3. The second-order valence-corrected chi connectivity index (χ2v) is 14.9. The smallest absolute Gasteiger partial charge is 0.406 e. The number of nitrogens with one attached hydrogen (secondary N) is 1. The first-order chi connectivity index (χ1) is 22.6. The van der Waals surface area contributed by atoms with Gasteiger partial charge in [0.1, 0.15) is 11.6 Å². The summed E-state index contributed by atoms with van der Waals surface area (Å²) in [4.78, 5) is 21.8. The van der Waals surface area contributed by atoms with E-state index in [1.165, 1.54) is 27.9 Å². The van der Waals surface area contributed by atoms with Crippen molar-refractivity contribution in [3.05, 3.63) is 69.6 Å². The number of hydrogen-bond donors (Lipinski definition) is 1. The van der Waals surface area contributed by atoms with Crippen LogP contribution in [0.3, 0.4) is 0 Å². The van der Waals surface area contributed by atoms with Crippen molar-refractivity contribution >= 4 is 27.8 Å². The number of amides is 1. The van der Waals surface area contributed by atoms with Gasteiger partial charge in [0.05, 0.1) is 24.8 Å². The van der Waals surface area contributed by atoms with E-state index in [2.05, 4.69) is 19.9 Å². The zero-order valence-electron chi connectivity index (χ0n) is 27.8. The lowest BCUT2D eigenvalue weighted by Gasteiger charge is -2.38. The molecular weight excluding hydrogens is 647 g/mol. The van der Waals surface area contributed by atoms with Crippen LogP contribution < -0.4 is 10.1 Å².